The van der Waals surface area contributed by atoms with Gasteiger partial charge in [-0.1, -0.05) is 12.1 Å². The van der Waals surface area contributed by atoms with Gasteiger partial charge < -0.3 is 4.57 Å². The molecule has 0 radical (unpaired) electrons. The molecule has 3 rings (SSSR count). The van der Waals surface area contributed by atoms with E-state index >= 15 is 0 Å². The number of aromatic nitrogens is 4. The summed E-state index contributed by atoms with van der Waals surface area (Å²) >= 11 is 0. The van der Waals surface area contributed by atoms with Crippen LogP contribution in [0.15, 0.2) is 24.3 Å². The number of benzene rings is 1. The first-order valence-corrected chi connectivity index (χ1v) is 5.43. The largest absolute Gasteiger partial charge is 0.452 e. The third-order valence-corrected chi connectivity index (χ3v) is 2.87. The van der Waals surface area contributed by atoms with E-state index in [-0.39, 0.29) is 5.78 Å². The zero-order valence-electron chi connectivity index (χ0n) is 9.44. The highest BCUT2D eigenvalue weighted by Crippen LogP contribution is 2.31. The van der Waals surface area contributed by atoms with Crippen molar-refractivity contribution in [3.8, 4) is 0 Å². The first-order chi connectivity index (χ1) is 8.54. The maximum absolute atomic E-state index is 12.9. The molecule has 1 aromatic carbocycles. The van der Waals surface area contributed by atoms with Crippen molar-refractivity contribution in [1.82, 2.24) is 19.2 Å². The number of imidazole rings is 1. The number of fused-ring (bicyclic) bond motifs is 3. The lowest BCUT2D eigenvalue weighted by Crippen LogP contribution is -2.10. The van der Waals surface area contributed by atoms with Gasteiger partial charge in [-0.2, -0.15) is 13.2 Å². The second-order valence-electron chi connectivity index (χ2n) is 3.89. The van der Waals surface area contributed by atoms with Gasteiger partial charge in [-0.25, -0.2) is 0 Å². The van der Waals surface area contributed by atoms with E-state index in [1.165, 1.54) is 0 Å². The first kappa shape index (κ1) is 11.1. The third-order valence-electron chi connectivity index (χ3n) is 2.87. The van der Waals surface area contributed by atoms with Crippen LogP contribution in [-0.2, 0) is 12.7 Å². The van der Waals surface area contributed by atoms with Gasteiger partial charge in [0.15, 0.2) is 0 Å². The van der Waals surface area contributed by atoms with Gasteiger partial charge in [0.05, 0.1) is 11.0 Å². The molecule has 0 fully saturated rings. The Labute approximate surface area is 99.6 Å². The van der Waals surface area contributed by atoms with Gasteiger partial charge in [-0.3, -0.25) is 4.40 Å². The Morgan fingerprint density at radius 1 is 1.11 bits per heavy atom. The van der Waals surface area contributed by atoms with Gasteiger partial charge in [0.1, 0.15) is 0 Å². The first-order valence-electron chi connectivity index (χ1n) is 5.43. The van der Waals surface area contributed by atoms with E-state index in [1.54, 1.807) is 28.8 Å². The van der Waals surface area contributed by atoms with Crippen molar-refractivity contribution < 1.29 is 13.2 Å². The molecular weight excluding hydrogens is 245 g/mol. The van der Waals surface area contributed by atoms with Gasteiger partial charge in [0.25, 0.3) is 0 Å². The maximum Gasteiger partial charge on any atom is 0.452 e. The lowest BCUT2D eigenvalue weighted by molar-refractivity contribution is -0.145. The van der Waals surface area contributed by atoms with Crippen LogP contribution in [0.5, 0.6) is 0 Å². The van der Waals surface area contributed by atoms with E-state index in [1.807, 2.05) is 6.92 Å². The highest BCUT2D eigenvalue weighted by molar-refractivity contribution is 5.81. The number of para-hydroxylation sites is 2. The number of hydrogen-bond donors (Lipinski definition) is 0. The summed E-state index contributed by atoms with van der Waals surface area (Å²) in [6.45, 7) is 2.39. The molecule has 94 valence electrons. The van der Waals surface area contributed by atoms with Gasteiger partial charge in [0.2, 0.25) is 11.6 Å². The highest BCUT2D eigenvalue weighted by atomic mass is 19.4. The lowest BCUT2D eigenvalue weighted by atomic mass is 10.3. The van der Waals surface area contributed by atoms with Crippen LogP contribution < -0.4 is 0 Å². The van der Waals surface area contributed by atoms with Crippen molar-refractivity contribution in [2.75, 3.05) is 0 Å². The van der Waals surface area contributed by atoms with E-state index in [2.05, 4.69) is 10.2 Å². The zero-order chi connectivity index (χ0) is 12.9. The fourth-order valence-corrected chi connectivity index (χ4v) is 2.16. The monoisotopic (exact) mass is 254 g/mol. The number of rotatable bonds is 1. The molecule has 0 atom stereocenters. The summed E-state index contributed by atoms with van der Waals surface area (Å²) in [4.78, 5) is 0. The fraction of sp³-hybridized carbons (Fsp3) is 0.273. The number of halogens is 3. The average molecular weight is 254 g/mol. The van der Waals surface area contributed by atoms with Crippen molar-refractivity contribution in [3.05, 3.63) is 30.1 Å². The molecule has 0 saturated carbocycles. The number of alkyl halides is 3. The minimum absolute atomic E-state index is 0.214. The standard InChI is InChI=1S/C11H9F3N4/c1-2-17-7-5-3-4-6-8(7)18-9(11(12,13)14)15-16-10(17)18/h3-6H,2H2,1H3. The van der Waals surface area contributed by atoms with E-state index in [4.69, 9.17) is 0 Å². The molecule has 2 heterocycles. The number of nitrogens with zero attached hydrogens (tertiary/aromatic N) is 4. The van der Waals surface area contributed by atoms with E-state index < -0.39 is 12.0 Å². The maximum atomic E-state index is 12.9. The summed E-state index contributed by atoms with van der Waals surface area (Å²) in [5.74, 6) is -0.771. The molecule has 7 heteroatoms. The van der Waals surface area contributed by atoms with Crippen molar-refractivity contribution in [2.45, 2.75) is 19.6 Å². The summed E-state index contributed by atoms with van der Waals surface area (Å²) in [5, 5.41) is 6.90. The lowest BCUT2D eigenvalue weighted by Gasteiger charge is -2.02. The average Bonchev–Trinajstić information content (AvgIpc) is 2.85. The predicted molar refractivity (Wildman–Crippen MR) is 59.2 cm³/mol. The Hall–Kier alpha value is -2.05. The molecule has 0 N–H and O–H groups in total. The SMILES string of the molecule is CCn1c2ccccc2n2c(C(F)(F)F)nnc12. The summed E-state index contributed by atoms with van der Waals surface area (Å²) in [6.07, 6.45) is -4.51. The zero-order valence-corrected chi connectivity index (χ0v) is 9.44. The fourth-order valence-electron chi connectivity index (χ4n) is 2.16. The molecule has 0 aliphatic rings. The van der Waals surface area contributed by atoms with Crippen LogP contribution in [0.25, 0.3) is 16.8 Å². The van der Waals surface area contributed by atoms with Crippen LogP contribution in [0, 0.1) is 0 Å². The topological polar surface area (TPSA) is 35.1 Å². The minimum Gasteiger partial charge on any atom is -0.309 e. The van der Waals surface area contributed by atoms with Crippen LogP contribution in [0.3, 0.4) is 0 Å². The Morgan fingerprint density at radius 3 is 2.39 bits per heavy atom. The van der Waals surface area contributed by atoms with Gasteiger partial charge in [0, 0.05) is 6.54 Å². The summed E-state index contributed by atoms with van der Waals surface area (Å²) in [5.41, 5.74) is 1.18. The van der Waals surface area contributed by atoms with Gasteiger partial charge in [-0.05, 0) is 19.1 Å². The number of hydrogen-bond acceptors (Lipinski definition) is 2. The van der Waals surface area contributed by atoms with Crippen molar-refractivity contribution in [2.24, 2.45) is 0 Å². The molecule has 0 amide bonds. The summed E-state index contributed by atoms with van der Waals surface area (Å²) in [7, 11) is 0. The number of aryl methyl sites for hydroxylation is 1. The summed E-state index contributed by atoms with van der Waals surface area (Å²) < 4.78 is 41.3. The molecule has 0 unspecified atom stereocenters. The molecule has 3 aromatic rings. The van der Waals surface area contributed by atoms with E-state index in [9.17, 15) is 13.2 Å². The predicted octanol–water partition coefficient (Wildman–Crippen LogP) is 2.72. The molecular formula is C11H9F3N4. The van der Waals surface area contributed by atoms with Crippen molar-refractivity contribution in [1.29, 1.82) is 0 Å². The molecule has 4 nitrogen and oxygen atoms in total. The Balaban J connectivity index is 2.51. The Kier molecular flexibility index (Phi) is 2.13. The van der Waals surface area contributed by atoms with Crippen molar-refractivity contribution >= 4 is 16.8 Å². The second kappa shape index (κ2) is 3.47. The minimum atomic E-state index is -4.51. The third kappa shape index (κ3) is 1.33. The van der Waals surface area contributed by atoms with Crippen molar-refractivity contribution in [3.63, 3.8) is 0 Å². The van der Waals surface area contributed by atoms with Crippen LogP contribution in [-0.4, -0.2) is 19.2 Å². The molecule has 0 aliphatic carbocycles. The van der Waals surface area contributed by atoms with Crippen LogP contribution >= 0.6 is 0 Å². The molecule has 0 saturated heterocycles. The summed E-state index contributed by atoms with van der Waals surface area (Å²) in [6, 6.07) is 6.89. The molecule has 0 bridgehead atoms. The van der Waals surface area contributed by atoms with Gasteiger partial charge in [-0.15, -0.1) is 10.2 Å². The molecule has 0 aliphatic heterocycles. The Bertz CT molecular complexity index is 723. The molecule has 0 spiro atoms. The van der Waals surface area contributed by atoms with Gasteiger partial charge >= 0.3 is 6.18 Å². The quantitative estimate of drug-likeness (QED) is 0.669. The van der Waals surface area contributed by atoms with Crippen LogP contribution in [0.1, 0.15) is 12.7 Å². The highest BCUT2D eigenvalue weighted by Gasteiger charge is 2.38. The second-order valence-corrected chi connectivity index (χ2v) is 3.89. The normalized spacial score (nSPS) is 12.7. The van der Waals surface area contributed by atoms with Crippen LogP contribution in [0.2, 0.25) is 0 Å². The van der Waals surface area contributed by atoms with Crippen LogP contribution in [0.4, 0.5) is 13.2 Å². The van der Waals surface area contributed by atoms with E-state index in [0.29, 0.717) is 12.1 Å². The Morgan fingerprint density at radius 2 is 1.78 bits per heavy atom. The van der Waals surface area contributed by atoms with E-state index in [0.717, 1.165) is 9.92 Å². The molecule has 18 heavy (non-hydrogen) atoms. The molecule has 2 aromatic heterocycles. The smallest absolute Gasteiger partial charge is 0.309 e.